The fourth-order valence-electron chi connectivity index (χ4n) is 1.96. The second kappa shape index (κ2) is 3.28. The Bertz CT molecular complexity index is 558. The molecule has 2 aromatic rings. The van der Waals surface area contributed by atoms with Gasteiger partial charge < -0.3 is 10.3 Å². The maximum absolute atomic E-state index is 9.00. The number of aromatic nitrogens is 1. The Morgan fingerprint density at radius 3 is 2.94 bits per heavy atom. The van der Waals surface area contributed by atoms with Gasteiger partial charge in [0.15, 0.2) is 0 Å². The van der Waals surface area contributed by atoms with Gasteiger partial charge in [-0.2, -0.15) is 5.26 Å². The molecule has 0 aliphatic heterocycles. The van der Waals surface area contributed by atoms with Crippen LogP contribution in [0.1, 0.15) is 12.8 Å². The van der Waals surface area contributed by atoms with E-state index in [-0.39, 0.29) is 5.41 Å². The monoisotopic (exact) mass is 211 g/mol. The number of nitrogens with one attached hydrogen (secondary N) is 2. The van der Waals surface area contributed by atoms with E-state index in [1.54, 1.807) is 0 Å². The Kier molecular flexibility index (Phi) is 1.90. The van der Waals surface area contributed by atoms with Crippen molar-refractivity contribution in [2.75, 3.05) is 11.9 Å². The Hall–Kier alpha value is -1.95. The number of aromatic amines is 1. The molecule has 3 rings (SSSR count). The van der Waals surface area contributed by atoms with Gasteiger partial charge in [-0.05, 0) is 18.9 Å². The summed E-state index contributed by atoms with van der Waals surface area (Å²) in [7, 11) is 0. The molecule has 3 heteroatoms. The van der Waals surface area contributed by atoms with Gasteiger partial charge in [0.05, 0.1) is 17.2 Å². The molecule has 1 aliphatic carbocycles. The minimum absolute atomic E-state index is 0.0988. The fraction of sp³-hybridized carbons (Fsp3) is 0.308. The van der Waals surface area contributed by atoms with Crippen LogP contribution in [0.5, 0.6) is 0 Å². The smallest absolute Gasteiger partial charge is 0.0747 e. The van der Waals surface area contributed by atoms with Crippen LogP contribution in [0.15, 0.2) is 30.5 Å². The molecule has 0 atom stereocenters. The molecule has 0 unspecified atom stereocenters. The van der Waals surface area contributed by atoms with Crippen molar-refractivity contribution < 1.29 is 0 Å². The van der Waals surface area contributed by atoms with Crippen molar-refractivity contribution in [1.82, 2.24) is 4.98 Å². The Balaban J connectivity index is 1.82. The second-order valence-electron chi connectivity index (χ2n) is 4.49. The summed E-state index contributed by atoms with van der Waals surface area (Å²) in [5.74, 6) is 0. The number of hydrogen-bond donors (Lipinski definition) is 2. The van der Waals surface area contributed by atoms with Crippen LogP contribution in [0.2, 0.25) is 0 Å². The number of para-hydroxylation sites is 1. The topological polar surface area (TPSA) is 51.6 Å². The summed E-state index contributed by atoms with van der Waals surface area (Å²) in [4.78, 5) is 3.22. The van der Waals surface area contributed by atoms with Crippen LogP contribution in [0.3, 0.4) is 0 Å². The van der Waals surface area contributed by atoms with Crippen LogP contribution in [0, 0.1) is 16.7 Å². The van der Waals surface area contributed by atoms with Crippen LogP contribution in [-0.2, 0) is 0 Å². The first-order valence-corrected chi connectivity index (χ1v) is 5.54. The van der Waals surface area contributed by atoms with Crippen molar-refractivity contribution in [3.63, 3.8) is 0 Å². The molecule has 0 radical (unpaired) electrons. The van der Waals surface area contributed by atoms with Gasteiger partial charge in [-0.1, -0.05) is 18.2 Å². The second-order valence-corrected chi connectivity index (χ2v) is 4.49. The summed E-state index contributed by atoms with van der Waals surface area (Å²) in [6.07, 6.45) is 4.02. The average molecular weight is 211 g/mol. The molecule has 16 heavy (non-hydrogen) atoms. The molecule has 0 spiro atoms. The molecule has 1 heterocycles. The highest BCUT2D eigenvalue weighted by Gasteiger charge is 2.42. The van der Waals surface area contributed by atoms with Crippen LogP contribution < -0.4 is 5.32 Å². The molecular weight excluding hydrogens is 198 g/mol. The zero-order valence-corrected chi connectivity index (χ0v) is 8.96. The normalized spacial score (nSPS) is 16.9. The van der Waals surface area contributed by atoms with Gasteiger partial charge in [-0.25, -0.2) is 0 Å². The fourth-order valence-corrected chi connectivity index (χ4v) is 1.96. The Morgan fingerprint density at radius 1 is 1.38 bits per heavy atom. The van der Waals surface area contributed by atoms with Gasteiger partial charge in [-0.15, -0.1) is 0 Å². The van der Waals surface area contributed by atoms with Crippen LogP contribution in [-0.4, -0.2) is 11.5 Å². The lowest BCUT2D eigenvalue weighted by Gasteiger charge is -2.07. The Morgan fingerprint density at radius 2 is 2.19 bits per heavy atom. The summed E-state index contributed by atoms with van der Waals surface area (Å²) in [5.41, 5.74) is 2.13. The van der Waals surface area contributed by atoms with Gasteiger partial charge in [-0.3, -0.25) is 0 Å². The molecule has 2 N–H and O–H groups in total. The highest BCUT2D eigenvalue weighted by atomic mass is 14.9. The summed E-state index contributed by atoms with van der Waals surface area (Å²) >= 11 is 0. The van der Waals surface area contributed by atoms with E-state index in [1.807, 2.05) is 18.3 Å². The molecule has 0 amide bonds. The van der Waals surface area contributed by atoms with Crippen LogP contribution >= 0.6 is 0 Å². The zero-order valence-electron chi connectivity index (χ0n) is 8.96. The van der Waals surface area contributed by atoms with Gasteiger partial charge >= 0.3 is 0 Å². The molecule has 3 nitrogen and oxygen atoms in total. The first kappa shape index (κ1) is 9.29. The number of nitriles is 1. The van der Waals surface area contributed by atoms with E-state index < -0.39 is 0 Å². The third-order valence-corrected chi connectivity index (χ3v) is 3.30. The predicted octanol–water partition coefficient (Wildman–Crippen LogP) is 2.88. The molecule has 1 aliphatic rings. The molecule has 1 fully saturated rings. The highest BCUT2D eigenvalue weighted by Crippen LogP contribution is 2.45. The number of benzene rings is 1. The standard InChI is InChI=1S/C13H13N3/c14-8-13(5-6-13)9-16-12-7-15-11-4-2-1-3-10(11)12/h1-4,7,15-16H,5-6,9H2. The number of anilines is 1. The summed E-state index contributed by atoms with van der Waals surface area (Å²) in [6.45, 7) is 0.755. The third kappa shape index (κ3) is 1.43. The molecule has 1 aromatic heterocycles. The minimum atomic E-state index is -0.0988. The minimum Gasteiger partial charge on any atom is -0.382 e. The van der Waals surface area contributed by atoms with Crippen LogP contribution in [0.4, 0.5) is 5.69 Å². The largest absolute Gasteiger partial charge is 0.382 e. The number of hydrogen-bond acceptors (Lipinski definition) is 2. The lowest BCUT2D eigenvalue weighted by molar-refractivity contribution is 0.712. The van der Waals surface area contributed by atoms with Crippen molar-refractivity contribution in [2.24, 2.45) is 5.41 Å². The number of fused-ring (bicyclic) bond motifs is 1. The number of rotatable bonds is 3. The van der Waals surface area contributed by atoms with Gasteiger partial charge in [0.2, 0.25) is 0 Å². The number of nitrogens with zero attached hydrogens (tertiary/aromatic N) is 1. The van der Waals surface area contributed by atoms with Crippen molar-refractivity contribution in [3.05, 3.63) is 30.5 Å². The third-order valence-electron chi connectivity index (χ3n) is 3.30. The van der Waals surface area contributed by atoms with Crippen molar-refractivity contribution in [1.29, 1.82) is 5.26 Å². The highest BCUT2D eigenvalue weighted by molar-refractivity contribution is 5.92. The Labute approximate surface area is 94.1 Å². The molecular formula is C13H13N3. The first-order valence-electron chi connectivity index (χ1n) is 5.54. The lowest BCUT2D eigenvalue weighted by Crippen LogP contribution is -2.12. The van der Waals surface area contributed by atoms with E-state index >= 15 is 0 Å². The van der Waals surface area contributed by atoms with E-state index in [1.165, 1.54) is 5.39 Å². The first-order chi connectivity index (χ1) is 7.83. The number of H-pyrrole nitrogens is 1. The molecule has 0 saturated heterocycles. The summed E-state index contributed by atoms with van der Waals surface area (Å²) in [6, 6.07) is 10.6. The van der Waals surface area contributed by atoms with Crippen molar-refractivity contribution in [2.45, 2.75) is 12.8 Å². The predicted molar refractivity (Wildman–Crippen MR) is 64.1 cm³/mol. The molecule has 1 aromatic carbocycles. The average Bonchev–Trinajstić information content (AvgIpc) is 3.01. The van der Waals surface area contributed by atoms with Crippen molar-refractivity contribution in [3.8, 4) is 6.07 Å². The maximum atomic E-state index is 9.00. The van der Waals surface area contributed by atoms with Gasteiger partial charge in [0.25, 0.3) is 0 Å². The quantitative estimate of drug-likeness (QED) is 0.820. The maximum Gasteiger partial charge on any atom is 0.0747 e. The SMILES string of the molecule is N#CC1(CNc2c[nH]c3ccccc23)CC1. The van der Waals surface area contributed by atoms with E-state index in [0.29, 0.717) is 0 Å². The van der Waals surface area contributed by atoms with Gasteiger partial charge in [0, 0.05) is 23.6 Å². The van der Waals surface area contributed by atoms with E-state index in [2.05, 4.69) is 28.5 Å². The van der Waals surface area contributed by atoms with Gasteiger partial charge in [0.1, 0.15) is 0 Å². The van der Waals surface area contributed by atoms with E-state index in [9.17, 15) is 0 Å². The van der Waals surface area contributed by atoms with Crippen molar-refractivity contribution >= 4 is 16.6 Å². The molecule has 0 bridgehead atoms. The summed E-state index contributed by atoms with van der Waals surface area (Å²) in [5, 5.41) is 13.6. The molecule has 1 saturated carbocycles. The van der Waals surface area contributed by atoms with E-state index in [0.717, 1.165) is 30.6 Å². The molecule has 80 valence electrons. The van der Waals surface area contributed by atoms with Crippen LogP contribution in [0.25, 0.3) is 10.9 Å². The summed E-state index contributed by atoms with van der Waals surface area (Å²) < 4.78 is 0. The lowest BCUT2D eigenvalue weighted by atomic mass is 10.1. The van der Waals surface area contributed by atoms with E-state index in [4.69, 9.17) is 5.26 Å². The zero-order chi connectivity index (χ0) is 11.0.